The van der Waals surface area contributed by atoms with Crippen LogP contribution in [0.3, 0.4) is 0 Å². The molecule has 2 rings (SSSR count). The fourth-order valence-corrected chi connectivity index (χ4v) is 3.56. The third-order valence-corrected chi connectivity index (χ3v) is 5.11. The maximum atomic E-state index is 11.8. The Kier molecular flexibility index (Phi) is 4.20. The van der Waals surface area contributed by atoms with Crippen molar-refractivity contribution in [2.45, 2.75) is 64.3 Å². The Morgan fingerprint density at radius 3 is 2.44 bits per heavy atom. The molecule has 0 bridgehead atoms. The molecule has 5 heteroatoms. The van der Waals surface area contributed by atoms with Gasteiger partial charge in [-0.05, 0) is 39.0 Å². The first kappa shape index (κ1) is 13.7. The standard InChI is InChI=1S/C13H23N3OS/c1-8(2)11-12(17)14-13(18-11)15-16-9(3)6-5-7-10(16)4/h8-11H,5-7H2,1-4H3,(H,14,15,17). The number of hydrogen-bond donors (Lipinski definition) is 1. The maximum absolute atomic E-state index is 11.8. The molecule has 2 fully saturated rings. The molecule has 0 spiro atoms. The molecule has 1 amide bonds. The molecule has 2 heterocycles. The van der Waals surface area contributed by atoms with Gasteiger partial charge in [-0.1, -0.05) is 25.6 Å². The van der Waals surface area contributed by atoms with Crippen LogP contribution in [0.15, 0.2) is 5.10 Å². The first-order valence-corrected chi connectivity index (χ1v) is 7.71. The maximum Gasteiger partial charge on any atom is 0.239 e. The molecular weight excluding hydrogens is 246 g/mol. The summed E-state index contributed by atoms with van der Waals surface area (Å²) < 4.78 is 0. The molecule has 4 nitrogen and oxygen atoms in total. The van der Waals surface area contributed by atoms with E-state index < -0.39 is 0 Å². The van der Waals surface area contributed by atoms with Crippen molar-refractivity contribution in [3.8, 4) is 0 Å². The van der Waals surface area contributed by atoms with Gasteiger partial charge in [-0.25, -0.2) is 0 Å². The van der Waals surface area contributed by atoms with E-state index in [1.54, 1.807) is 11.8 Å². The topological polar surface area (TPSA) is 44.7 Å². The summed E-state index contributed by atoms with van der Waals surface area (Å²) in [6.07, 6.45) is 3.65. The zero-order valence-corrected chi connectivity index (χ0v) is 12.5. The lowest BCUT2D eigenvalue weighted by Gasteiger charge is -2.36. The van der Waals surface area contributed by atoms with Crippen LogP contribution in [0, 0.1) is 5.92 Å². The quantitative estimate of drug-likeness (QED) is 0.837. The molecule has 3 atom stereocenters. The molecule has 0 saturated carbocycles. The van der Waals surface area contributed by atoms with E-state index in [0.717, 1.165) is 5.17 Å². The van der Waals surface area contributed by atoms with Gasteiger partial charge in [0.1, 0.15) is 0 Å². The van der Waals surface area contributed by atoms with E-state index >= 15 is 0 Å². The first-order valence-electron chi connectivity index (χ1n) is 6.83. The summed E-state index contributed by atoms with van der Waals surface area (Å²) >= 11 is 1.57. The predicted octanol–water partition coefficient (Wildman–Crippen LogP) is 2.41. The highest BCUT2D eigenvalue weighted by atomic mass is 32.2. The van der Waals surface area contributed by atoms with E-state index in [1.165, 1.54) is 19.3 Å². The van der Waals surface area contributed by atoms with Crippen molar-refractivity contribution < 1.29 is 4.79 Å². The Morgan fingerprint density at radius 1 is 1.33 bits per heavy atom. The van der Waals surface area contributed by atoms with Crippen molar-refractivity contribution in [2.75, 3.05) is 0 Å². The molecule has 0 radical (unpaired) electrons. The van der Waals surface area contributed by atoms with E-state index in [-0.39, 0.29) is 11.2 Å². The SMILES string of the molecule is CC(C)C1S/C(=N\N2C(C)CCCC2C)NC1=O. The van der Waals surface area contributed by atoms with Gasteiger partial charge in [0.05, 0.1) is 5.25 Å². The van der Waals surface area contributed by atoms with Gasteiger partial charge in [0.2, 0.25) is 5.91 Å². The molecule has 0 aromatic carbocycles. The average Bonchev–Trinajstić information content (AvgIpc) is 2.65. The molecule has 0 aliphatic carbocycles. The fraction of sp³-hybridized carbons (Fsp3) is 0.846. The average molecular weight is 269 g/mol. The van der Waals surface area contributed by atoms with Crippen LogP contribution in [0.2, 0.25) is 0 Å². The molecule has 18 heavy (non-hydrogen) atoms. The normalized spacial score (nSPS) is 35.4. The number of hydrogen-bond acceptors (Lipinski definition) is 4. The van der Waals surface area contributed by atoms with Crippen molar-refractivity contribution >= 4 is 22.8 Å². The minimum absolute atomic E-state index is 0.0131. The number of amidine groups is 1. The van der Waals surface area contributed by atoms with Crippen molar-refractivity contribution in [2.24, 2.45) is 11.0 Å². The van der Waals surface area contributed by atoms with Gasteiger partial charge >= 0.3 is 0 Å². The van der Waals surface area contributed by atoms with E-state index in [1.807, 2.05) is 0 Å². The number of hydrazone groups is 1. The molecule has 0 aromatic heterocycles. The fourth-order valence-electron chi connectivity index (χ4n) is 2.58. The lowest BCUT2D eigenvalue weighted by Crippen LogP contribution is -2.41. The van der Waals surface area contributed by atoms with Gasteiger partial charge in [0, 0.05) is 12.1 Å². The van der Waals surface area contributed by atoms with E-state index in [9.17, 15) is 4.79 Å². The third kappa shape index (κ3) is 2.82. The van der Waals surface area contributed by atoms with Gasteiger partial charge in [0.15, 0.2) is 5.17 Å². The predicted molar refractivity (Wildman–Crippen MR) is 76.4 cm³/mol. The van der Waals surface area contributed by atoms with Crippen LogP contribution in [-0.4, -0.2) is 33.4 Å². The van der Waals surface area contributed by atoms with Gasteiger partial charge in [-0.2, -0.15) is 5.10 Å². The summed E-state index contributed by atoms with van der Waals surface area (Å²) in [5.74, 6) is 0.449. The molecule has 0 aromatic rings. The molecule has 2 aliphatic rings. The lowest BCUT2D eigenvalue weighted by molar-refractivity contribution is -0.119. The highest BCUT2D eigenvalue weighted by molar-refractivity contribution is 8.15. The summed E-state index contributed by atoms with van der Waals surface area (Å²) in [7, 11) is 0. The van der Waals surface area contributed by atoms with Crippen LogP contribution in [0.4, 0.5) is 0 Å². The van der Waals surface area contributed by atoms with Crippen molar-refractivity contribution in [1.82, 2.24) is 10.3 Å². The Labute approximate surface area is 114 Å². The molecule has 2 aliphatic heterocycles. The van der Waals surface area contributed by atoms with Gasteiger partial charge < -0.3 is 5.32 Å². The highest BCUT2D eigenvalue weighted by Gasteiger charge is 2.34. The summed E-state index contributed by atoms with van der Waals surface area (Å²) in [6.45, 7) is 8.57. The summed E-state index contributed by atoms with van der Waals surface area (Å²) in [5.41, 5.74) is 0. The van der Waals surface area contributed by atoms with Crippen molar-refractivity contribution in [3.63, 3.8) is 0 Å². The molecule has 102 valence electrons. The highest BCUT2D eigenvalue weighted by Crippen LogP contribution is 2.28. The zero-order valence-electron chi connectivity index (χ0n) is 11.6. The van der Waals surface area contributed by atoms with Crippen LogP contribution in [0.25, 0.3) is 0 Å². The Hall–Kier alpha value is -0.710. The minimum atomic E-state index is 0.0131. The smallest absolute Gasteiger partial charge is 0.239 e. The van der Waals surface area contributed by atoms with Crippen LogP contribution >= 0.6 is 11.8 Å². The Bertz CT molecular complexity index is 346. The minimum Gasteiger partial charge on any atom is -0.303 e. The van der Waals surface area contributed by atoms with Gasteiger partial charge in [0.25, 0.3) is 0 Å². The number of amides is 1. The van der Waals surface area contributed by atoms with E-state index in [4.69, 9.17) is 0 Å². The lowest BCUT2D eigenvalue weighted by atomic mass is 10.00. The van der Waals surface area contributed by atoms with Crippen LogP contribution in [-0.2, 0) is 4.79 Å². The number of carbonyl (C=O) groups excluding carboxylic acids is 1. The Balaban J connectivity index is 2.07. The van der Waals surface area contributed by atoms with Crippen molar-refractivity contribution in [1.29, 1.82) is 0 Å². The molecule has 2 saturated heterocycles. The Morgan fingerprint density at radius 2 is 1.94 bits per heavy atom. The van der Waals surface area contributed by atoms with Crippen LogP contribution in [0.1, 0.15) is 47.0 Å². The first-order chi connectivity index (χ1) is 8.49. The number of rotatable bonds is 2. The summed E-state index contributed by atoms with van der Waals surface area (Å²) in [5, 5.41) is 10.5. The third-order valence-electron chi connectivity index (χ3n) is 3.69. The van der Waals surface area contributed by atoms with Gasteiger partial charge in [-0.15, -0.1) is 0 Å². The second-order valence-electron chi connectivity index (χ2n) is 5.69. The van der Waals surface area contributed by atoms with Crippen molar-refractivity contribution in [3.05, 3.63) is 0 Å². The van der Waals surface area contributed by atoms with E-state index in [0.29, 0.717) is 18.0 Å². The number of piperidine rings is 1. The number of nitrogens with one attached hydrogen (secondary N) is 1. The molecular formula is C13H23N3OS. The summed E-state index contributed by atoms with van der Waals surface area (Å²) in [4.78, 5) is 11.8. The zero-order chi connectivity index (χ0) is 13.3. The number of nitrogens with zero attached hydrogens (tertiary/aromatic N) is 2. The number of thioether (sulfide) groups is 1. The van der Waals surface area contributed by atoms with Crippen LogP contribution in [0.5, 0.6) is 0 Å². The van der Waals surface area contributed by atoms with E-state index in [2.05, 4.69) is 43.1 Å². The van der Waals surface area contributed by atoms with Gasteiger partial charge in [-0.3, -0.25) is 9.80 Å². The largest absolute Gasteiger partial charge is 0.303 e. The second-order valence-corrected chi connectivity index (χ2v) is 6.82. The van der Waals surface area contributed by atoms with Crippen LogP contribution < -0.4 is 5.32 Å². The molecule has 3 unspecified atom stereocenters. The second kappa shape index (κ2) is 5.51. The molecule has 1 N–H and O–H groups in total. The summed E-state index contributed by atoms with van der Waals surface area (Å²) in [6, 6.07) is 0.939. The number of carbonyl (C=O) groups is 1. The monoisotopic (exact) mass is 269 g/mol.